The Morgan fingerprint density at radius 3 is 2.69 bits per heavy atom. The van der Waals surface area contributed by atoms with Crippen LogP contribution in [0.15, 0.2) is 18.2 Å². The van der Waals surface area contributed by atoms with Crippen LogP contribution in [0.25, 0.3) is 0 Å². The molecule has 6 heteroatoms. The van der Waals surface area contributed by atoms with Gasteiger partial charge in [0.05, 0.1) is 16.1 Å². The van der Waals surface area contributed by atoms with Crippen LogP contribution in [0.2, 0.25) is 10.0 Å². The van der Waals surface area contributed by atoms with E-state index >= 15 is 0 Å². The van der Waals surface area contributed by atoms with Crippen molar-refractivity contribution in [2.45, 2.75) is 13.0 Å². The Morgan fingerprint density at radius 1 is 1.44 bits per heavy atom. The first-order chi connectivity index (χ1) is 7.49. The van der Waals surface area contributed by atoms with Gasteiger partial charge in [0.15, 0.2) is 0 Å². The summed E-state index contributed by atoms with van der Waals surface area (Å²) in [5.41, 5.74) is 0.539. The number of amides is 2. The summed E-state index contributed by atoms with van der Waals surface area (Å²) in [6, 6.07) is 4.37. The minimum Gasteiger partial charge on any atom is -0.392 e. The third-order valence-electron chi connectivity index (χ3n) is 1.74. The molecule has 0 fully saturated rings. The number of benzene rings is 1. The molecule has 1 aromatic carbocycles. The highest BCUT2D eigenvalue weighted by Crippen LogP contribution is 2.24. The number of hydrogen-bond donors (Lipinski definition) is 3. The van der Waals surface area contributed by atoms with Gasteiger partial charge in [-0.25, -0.2) is 4.79 Å². The number of carbonyl (C=O) groups excluding carboxylic acids is 1. The van der Waals surface area contributed by atoms with Gasteiger partial charge in [0.25, 0.3) is 0 Å². The van der Waals surface area contributed by atoms with Crippen LogP contribution in [0, 0.1) is 0 Å². The summed E-state index contributed by atoms with van der Waals surface area (Å²) in [5.74, 6) is 0. The molecule has 0 radical (unpaired) electrons. The van der Waals surface area contributed by atoms with Crippen molar-refractivity contribution in [1.82, 2.24) is 5.32 Å². The first-order valence-electron chi connectivity index (χ1n) is 4.67. The molecule has 1 rings (SSSR count). The zero-order valence-corrected chi connectivity index (χ0v) is 10.1. The number of halogens is 2. The van der Waals surface area contributed by atoms with Crippen LogP contribution in [-0.4, -0.2) is 23.8 Å². The molecule has 0 heterocycles. The van der Waals surface area contributed by atoms with Gasteiger partial charge >= 0.3 is 6.03 Å². The number of nitrogens with one attached hydrogen (secondary N) is 2. The van der Waals surface area contributed by atoms with Crippen LogP contribution in [0.5, 0.6) is 0 Å². The Labute approximate surface area is 104 Å². The van der Waals surface area contributed by atoms with Gasteiger partial charge in [0, 0.05) is 12.2 Å². The molecule has 1 atom stereocenters. The van der Waals surface area contributed by atoms with E-state index in [0.717, 1.165) is 0 Å². The Morgan fingerprint density at radius 2 is 2.12 bits per heavy atom. The summed E-state index contributed by atoms with van der Waals surface area (Å²) < 4.78 is 0. The summed E-state index contributed by atoms with van der Waals surface area (Å²) in [6.45, 7) is 1.77. The minimum absolute atomic E-state index is 0.188. The second-order valence-electron chi connectivity index (χ2n) is 3.31. The Kier molecular flexibility index (Phi) is 4.86. The molecular formula is C10H12Cl2N2O2. The fraction of sp³-hybridized carbons (Fsp3) is 0.300. The average Bonchev–Trinajstić information content (AvgIpc) is 2.21. The normalized spacial score (nSPS) is 12.0. The van der Waals surface area contributed by atoms with Gasteiger partial charge in [-0.2, -0.15) is 0 Å². The SMILES string of the molecule is C[C@H](O)CNC(=O)Nc1ccc(Cl)c(Cl)c1. The molecule has 0 unspecified atom stereocenters. The maximum Gasteiger partial charge on any atom is 0.319 e. The molecule has 0 aliphatic rings. The van der Waals surface area contributed by atoms with Crippen LogP contribution in [-0.2, 0) is 0 Å². The van der Waals surface area contributed by atoms with Crippen molar-refractivity contribution in [2.24, 2.45) is 0 Å². The fourth-order valence-corrected chi connectivity index (χ4v) is 1.29. The lowest BCUT2D eigenvalue weighted by Gasteiger charge is -2.09. The molecule has 0 aromatic heterocycles. The van der Waals surface area contributed by atoms with Crippen molar-refractivity contribution in [2.75, 3.05) is 11.9 Å². The van der Waals surface area contributed by atoms with E-state index < -0.39 is 12.1 Å². The molecule has 88 valence electrons. The number of urea groups is 1. The highest BCUT2D eigenvalue weighted by Gasteiger charge is 2.04. The summed E-state index contributed by atoms with van der Waals surface area (Å²) in [5, 5.41) is 14.8. The molecule has 0 aliphatic carbocycles. The Hall–Kier alpha value is -0.970. The second-order valence-corrected chi connectivity index (χ2v) is 4.13. The molecule has 0 aliphatic heterocycles. The molecule has 0 saturated carbocycles. The van der Waals surface area contributed by atoms with Gasteiger partial charge < -0.3 is 15.7 Å². The third kappa shape index (κ3) is 4.26. The number of aliphatic hydroxyl groups excluding tert-OH is 1. The van der Waals surface area contributed by atoms with Crippen LogP contribution >= 0.6 is 23.2 Å². The van der Waals surface area contributed by atoms with Crippen molar-refractivity contribution in [3.05, 3.63) is 28.2 Å². The standard InChI is InChI=1S/C10H12Cl2N2O2/c1-6(15)5-13-10(16)14-7-2-3-8(11)9(12)4-7/h2-4,6,15H,5H2,1H3,(H2,13,14,16)/t6-/m0/s1. The molecule has 2 amide bonds. The predicted octanol–water partition coefficient (Wildman–Crippen LogP) is 2.50. The van der Waals surface area contributed by atoms with Gasteiger partial charge in [0.2, 0.25) is 0 Å². The quantitative estimate of drug-likeness (QED) is 0.784. The first-order valence-corrected chi connectivity index (χ1v) is 5.42. The number of carbonyl (C=O) groups is 1. The van der Waals surface area contributed by atoms with Crippen molar-refractivity contribution < 1.29 is 9.90 Å². The minimum atomic E-state index is -0.584. The van der Waals surface area contributed by atoms with E-state index in [4.69, 9.17) is 28.3 Å². The van der Waals surface area contributed by atoms with Crippen LogP contribution in [0.4, 0.5) is 10.5 Å². The molecule has 0 saturated heterocycles. The lowest BCUT2D eigenvalue weighted by molar-refractivity contribution is 0.190. The number of rotatable bonds is 3. The topological polar surface area (TPSA) is 61.4 Å². The number of anilines is 1. The first kappa shape index (κ1) is 13.1. The van der Waals surface area contributed by atoms with Crippen LogP contribution in [0.3, 0.4) is 0 Å². The summed E-state index contributed by atoms with van der Waals surface area (Å²) in [6.07, 6.45) is -0.584. The third-order valence-corrected chi connectivity index (χ3v) is 2.47. The Bertz CT molecular complexity index is 383. The Balaban J connectivity index is 2.53. The molecule has 1 aromatic rings. The monoisotopic (exact) mass is 262 g/mol. The van der Waals surface area contributed by atoms with Crippen LogP contribution in [0.1, 0.15) is 6.92 Å². The van der Waals surface area contributed by atoms with Gasteiger partial charge in [-0.1, -0.05) is 23.2 Å². The molecule has 3 N–H and O–H groups in total. The number of hydrogen-bond acceptors (Lipinski definition) is 2. The van der Waals surface area contributed by atoms with E-state index in [1.54, 1.807) is 25.1 Å². The van der Waals surface area contributed by atoms with Gasteiger partial charge in [0.1, 0.15) is 0 Å². The predicted molar refractivity (Wildman–Crippen MR) is 65.2 cm³/mol. The molecule has 0 spiro atoms. The second kappa shape index (κ2) is 5.94. The van der Waals surface area contributed by atoms with Crippen molar-refractivity contribution in [1.29, 1.82) is 0 Å². The van der Waals surface area contributed by atoms with Crippen molar-refractivity contribution >= 4 is 34.9 Å². The molecular weight excluding hydrogens is 251 g/mol. The fourth-order valence-electron chi connectivity index (χ4n) is 0.990. The van der Waals surface area contributed by atoms with E-state index in [-0.39, 0.29) is 6.54 Å². The number of aliphatic hydroxyl groups is 1. The zero-order valence-electron chi connectivity index (χ0n) is 8.63. The largest absolute Gasteiger partial charge is 0.392 e. The maximum atomic E-state index is 11.3. The van der Waals surface area contributed by atoms with Crippen LogP contribution < -0.4 is 10.6 Å². The molecule has 0 bridgehead atoms. The van der Waals surface area contributed by atoms with E-state index in [1.165, 1.54) is 0 Å². The van der Waals surface area contributed by atoms with Gasteiger partial charge in [-0.05, 0) is 25.1 Å². The lowest BCUT2D eigenvalue weighted by Crippen LogP contribution is -2.34. The highest BCUT2D eigenvalue weighted by molar-refractivity contribution is 6.42. The highest BCUT2D eigenvalue weighted by atomic mass is 35.5. The van der Waals surface area contributed by atoms with E-state index in [1.807, 2.05) is 0 Å². The van der Waals surface area contributed by atoms with E-state index in [2.05, 4.69) is 10.6 Å². The summed E-state index contributed by atoms with van der Waals surface area (Å²) in [7, 11) is 0. The van der Waals surface area contributed by atoms with E-state index in [0.29, 0.717) is 15.7 Å². The molecule has 16 heavy (non-hydrogen) atoms. The average molecular weight is 263 g/mol. The van der Waals surface area contributed by atoms with Crippen molar-refractivity contribution in [3.8, 4) is 0 Å². The van der Waals surface area contributed by atoms with Crippen molar-refractivity contribution in [3.63, 3.8) is 0 Å². The summed E-state index contributed by atoms with van der Waals surface area (Å²) >= 11 is 11.5. The molecule has 4 nitrogen and oxygen atoms in total. The maximum absolute atomic E-state index is 11.3. The van der Waals surface area contributed by atoms with Gasteiger partial charge in [-0.15, -0.1) is 0 Å². The lowest BCUT2D eigenvalue weighted by atomic mass is 10.3. The van der Waals surface area contributed by atoms with E-state index in [9.17, 15) is 4.79 Å². The zero-order chi connectivity index (χ0) is 12.1. The smallest absolute Gasteiger partial charge is 0.319 e. The van der Waals surface area contributed by atoms with Gasteiger partial charge in [-0.3, -0.25) is 0 Å². The summed E-state index contributed by atoms with van der Waals surface area (Å²) in [4.78, 5) is 11.3.